The van der Waals surface area contributed by atoms with Gasteiger partial charge in [0.2, 0.25) is 0 Å². The fraction of sp³-hybridized carbons (Fsp3) is 0.100. The molecule has 2 aromatic carbocycles. The van der Waals surface area contributed by atoms with E-state index in [1.165, 1.54) is 16.2 Å². The molecule has 0 unspecified atom stereocenters. The number of hydrogen-bond donors (Lipinski definition) is 0. The zero-order valence-electron chi connectivity index (χ0n) is 14.0. The number of carbonyl (C=O) groups is 1. The fourth-order valence-electron chi connectivity index (χ4n) is 2.31. The lowest BCUT2D eigenvalue weighted by molar-refractivity contribution is 0.0989. The van der Waals surface area contributed by atoms with Crippen LogP contribution < -0.4 is 9.64 Å². The van der Waals surface area contributed by atoms with Crippen molar-refractivity contribution < 1.29 is 9.53 Å². The summed E-state index contributed by atoms with van der Waals surface area (Å²) in [7, 11) is 1.70. The van der Waals surface area contributed by atoms with Crippen LogP contribution in [0, 0.1) is 12.3 Å². The highest BCUT2D eigenvalue weighted by atomic mass is 35.5. The summed E-state index contributed by atoms with van der Waals surface area (Å²) in [4.78, 5) is 18.7. The number of terminal acetylenes is 1. The number of thiazole rings is 1. The summed E-state index contributed by atoms with van der Waals surface area (Å²) in [5.74, 6) is 2.87. The maximum absolute atomic E-state index is 12.7. The van der Waals surface area contributed by atoms with Gasteiger partial charge in [-0.05, 0) is 30.3 Å². The van der Waals surface area contributed by atoms with Gasteiger partial charge in [0.05, 0.1) is 5.02 Å². The minimum absolute atomic E-state index is 0.197. The lowest BCUT2D eigenvalue weighted by Crippen LogP contribution is -2.26. The van der Waals surface area contributed by atoms with E-state index in [2.05, 4.69) is 10.9 Å². The van der Waals surface area contributed by atoms with E-state index in [-0.39, 0.29) is 12.5 Å². The molecular weight excluding hydrogens is 368 g/mol. The number of halogens is 1. The van der Waals surface area contributed by atoms with Crippen molar-refractivity contribution in [2.45, 2.75) is 0 Å². The third-order valence-electron chi connectivity index (χ3n) is 3.68. The molecule has 0 aliphatic rings. The molecule has 0 atom stereocenters. The molecule has 0 radical (unpaired) electrons. The molecule has 1 heterocycles. The third kappa shape index (κ3) is 3.88. The monoisotopic (exact) mass is 382 g/mol. The quantitative estimate of drug-likeness (QED) is 0.598. The highest BCUT2D eigenvalue weighted by molar-refractivity contribution is 7.13. The van der Waals surface area contributed by atoms with Crippen molar-refractivity contribution in [2.24, 2.45) is 0 Å². The first kappa shape index (κ1) is 18.0. The Morgan fingerprint density at radius 1 is 1.27 bits per heavy atom. The Morgan fingerprint density at radius 2 is 2.00 bits per heavy atom. The molecule has 0 fully saturated rings. The molecule has 6 heteroatoms. The van der Waals surface area contributed by atoms with Crippen molar-refractivity contribution in [1.82, 2.24) is 4.98 Å². The summed E-state index contributed by atoms with van der Waals surface area (Å²) >= 11 is 7.59. The molecule has 3 aromatic rings. The van der Waals surface area contributed by atoms with E-state index in [1.807, 2.05) is 18.2 Å². The Labute approximate surface area is 161 Å². The molecule has 0 saturated carbocycles. The summed E-state index contributed by atoms with van der Waals surface area (Å²) in [6.07, 6.45) is 5.17. The molecule has 1 aromatic heterocycles. The number of anilines is 1. The van der Waals surface area contributed by atoms with Crippen molar-refractivity contribution >= 4 is 34.5 Å². The van der Waals surface area contributed by atoms with Crippen LogP contribution in [0.4, 0.5) is 5.69 Å². The average Bonchev–Trinajstić information content (AvgIpc) is 3.16. The molecule has 0 bridgehead atoms. The molecule has 0 N–H and O–H groups in total. The van der Waals surface area contributed by atoms with Crippen molar-refractivity contribution in [3.8, 4) is 28.7 Å². The van der Waals surface area contributed by atoms with Gasteiger partial charge in [-0.2, -0.15) is 0 Å². The van der Waals surface area contributed by atoms with Gasteiger partial charge in [-0.1, -0.05) is 35.7 Å². The van der Waals surface area contributed by atoms with Crippen molar-refractivity contribution in [3.63, 3.8) is 0 Å². The number of amides is 1. The van der Waals surface area contributed by atoms with E-state index in [1.54, 1.807) is 42.8 Å². The number of aromatic nitrogens is 1. The Bertz CT molecular complexity index is 960. The van der Waals surface area contributed by atoms with Crippen LogP contribution >= 0.6 is 22.9 Å². The second-order valence-electron chi connectivity index (χ2n) is 5.37. The Balaban J connectivity index is 1.77. The summed E-state index contributed by atoms with van der Waals surface area (Å²) in [6, 6.07) is 14.6. The van der Waals surface area contributed by atoms with Gasteiger partial charge < -0.3 is 9.64 Å². The number of hydrogen-bond acceptors (Lipinski definition) is 4. The zero-order chi connectivity index (χ0) is 18.5. The second kappa shape index (κ2) is 8.05. The maximum atomic E-state index is 12.7. The molecule has 130 valence electrons. The predicted molar refractivity (Wildman–Crippen MR) is 106 cm³/mol. The Hall–Kier alpha value is -2.81. The van der Waals surface area contributed by atoms with Gasteiger partial charge in [0, 0.05) is 23.7 Å². The second-order valence-corrected chi connectivity index (χ2v) is 6.63. The molecule has 1 amide bonds. The Morgan fingerprint density at radius 3 is 2.69 bits per heavy atom. The molecule has 3 rings (SSSR count). The number of ether oxygens (including phenoxy) is 1. The standard InChI is InChI=1S/C20H15ClN2O2S/c1-3-12-25-15-10-8-14(9-11-15)23(2)20(24)18-13-26-19(22-18)16-6-4-5-7-17(16)21/h1,4-11,13H,12H2,2H3. The minimum Gasteiger partial charge on any atom is -0.481 e. The van der Waals surface area contributed by atoms with Crippen LogP contribution in [0.3, 0.4) is 0 Å². The van der Waals surface area contributed by atoms with E-state index >= 15 is 0 Å². The molecule has 0 spiro atoms. The average molecular weight is 383 g/mol. The SMILES string of the molecule is C#CCOc1ccc(N(C)C(=O)c2csc(-c3ccccc3Cl)n2)cc1. The fourth-order valence-corrected chi connectivity index (χ4v) is 3.42. The van der Waals surface area contributed by atoms with Crippen molar-refractivity contribution in [1.29, 1.82) is 0 Å². The van der Waals surface area contributed by atoms with E-state index in [4.69, 9.17) is 22.8 Å². The molecule has 0 saturated heterocycles. The van der Waals surface area contributed by atoms with Crippen LogP contribution in [-0.4, -0.2) is 24.5 Å². The zero-order valence-corrected chi connectivity index (χ0v) is 15.6. The third-order valence-corrected chi connectivity index (χ3v) is 4.88. The smallest absolute Gasteiger partial charge is 0.277 e. The summed E-state index contributed by atoms with van der Waals surface area (Å²) in [5.41, 5.74) is 1.92. The number of carbonyl (C=O) groups excluding carboxylic acids is 1. The van der Waals surface area contributed by atoms with Gasteiger partial charge in [-0.3, -0.25) is 4.79 Å². The highest BCUT2D eigenvalue weighted by Gasteiger charge is 2.18. The van der Waals surface area contributed by atoms with Gasteiger partial charge in [0.15, 0.2) is 0 Å². The molecule has 0 aliphatic heterocycles. The first-order valence-corrected chi connectivity index (χ1v) is 9.00. The maximum Gasteiger partial charge on any atom is 0.277 e. The highest BCUT2D eigenvalue weighted by Crippen LogP contribution is 2.30. The van der Waals surface area contributed by atoms with Gasteiger partial charge in [-0.25, -0.2) is 4.98 Å². The molecule has 4 nitrogen and oxygen atoms in total. The molecule has 0 aliphatic carbocycles. The first-order valence-electron chi connectivity index (χ1n) is 7.75. The molecular formula is C20H15ClN2O2S. The van der Waals surface area contributed by atoms with Gasteiger partial charge in [-0.15, -0.1) is 17.8 Å². The molecule has 26 heavy (non-hydrogen) atoms. The van der Waals surface area contributed by atoms with Gasteiger partial charge >= 0.3 is 0 Å². The normalized spacial score (nSPS) is 10.2. The first-order chi connectivity index (χ1) is 12.6. The van der Waals surface area contributed by atoms with Crippen molar-refractivity contribution in [2.75, 3.05) is 18.6 Å². The van der Waals surface area contributed by atoms with Crippen LogP contribution in [0.1, 0.15) is 10.5 Å². The van der Waals surface area contributed by atoms with E-state index in [9.17, 15) is 4.79 Å². The van der Waals surface area contributed by atoms with Crippen LogP contribution in [0.25, 0.3) is 10.6 Å². The van der Waals surface area contributed by atoms with Gasteiger partial charge in [0.1, 0.15) is 23.1 Å². The number of nitrogens with zero attached hydrogens (tertiary/aromatic N) is 2. The lowest BCUT2D eigenvalue weighted by Gasteiger charge is -2.16. The van der Waals surface area contributed by atoms with E-state index < -0.39 is 0 Å². The van der Waals surface area contributed by atoms with Crippen molar-refractivity contribution in [3.05, 3.63) is 64.6 Å². The topological polar surface area (TPSA) is 42.4 Å². The Kier molecular flexibility index (Phi) is 5.57. The number of benzene rings is 2. The summed E-state index contributed by atoms with van der Waals surface area (Å²) in [5, 5.41) is 3.06. The van der Waals surface area contributed by atoms with Crippen LogP contribution in [0.15, 0.2) is 53.9 Å². The number of rotatable bonds is 5. The van der Waals surface area contributed by atoms with Crippen LogP contribution in [-0.2, 0) is 0 Å². The predicted octanol–water partition coefficient (Wildman–Crippen LogP) is 4.75. The minimum atomic E-state index is -0.197. The van der Waals surface area contributed by atoms with Gasteiger partial charge in [0.25, 0.3) is 5.91 Å². The summed E-state index contributed by atoms with van der Waals surface area (Å²) < 4.78 is 5.34. The lowest BCUT2D eigenvalue weighted by atomic mass is 10.2. The van der Waals surface area contributed by atoms with E-state index in [0.29, 0.717) is 21.5 Å². The van der Waals surface area contributed by atoms with Crippen LogP contribution in [0.5, 0.6) is 5.75 Å². The largest absolute Gasteiger partial charge is 0.481 e. The van der Waals surface area contributed by atoms with Crippen LogP contribution in [0.2, 0.25) is 5.02 Å². The van der Waals surface area contributed by atoms with E-state index in [0.717, 1.165) is 11.3 Å². The summed E-state index contributed by atoms with van der Waals surface area (Å²) in [6.45, 7) is 0.206.